The lowest BCUT2D eigenvalue weighted by Crippen LogP contribution is -2.03. The second-order valence-corrected chi connectivity index (χ2v) is 4.21. The Morgan fingerprint density at radius 1 is 0.947 bits per heavy atom. The maximum absolute atomic E-state index is 12.5. The van der Waals surface area contributed by atoms with E-state index in [0.717, 1.165) is 28.7 Å². The van der Waals surface area contributed by atoms with Crippen LogP contribution in [0.2, 0.25) is 0 Å². The Morgan fingerprint density at radius 3 is 2.37 bits per heavy atom. The molecule has 3 aromatic rings. The summed E-state index contributed by atoms with van der Waals surface area (Å²) >= 11 is 0. The number of halogens is 3. The van der Waals surface area contributed by atoms with E-state index in [2.05, 4.69) is 9.97 Å². The standard InChI is InChI=1S/C14H9F3N2/c15-14(16,17)12-3-1-9(2-4-12)11-7-10-5-6-18-13(10)19-8-11/h1-8H,(H,18,19). The Labute approximate surface area is 106 Å². The highest BCUT2D eigenvalue weighted by Gasteiger charge is 2.29. The minimum atomic E-state index is -4.30. The highest BCUT2D eigenvalue weighted by molar-refractivity contribution is 5.81. The average molecular weight is 262 g/mol. The molecule has 5 heteroatoms. The molecule has 2 aromatic heterocycles. The van der Waals surface area contributed by atoms with Gasteiger partial charge in [0, 0.05) is 23.3 Å². The summed E-state index contributed by atoms with van der Waals surface area (Å²) < 4.78 is 37.4. The summed E-state index contributed by atoms with van der Waals surface area (Å²) in [5.41, 5.74) is 1.62. The molecular weight excluding hydrogens is 253 g/mol. The molecule has 0 unspecified atom stereocenters. The van der Waals surface area contributed by atoms with Crippen LogP contribution >= 0.6 is 0 Å². The van der Waals surface area contributed by atoms with Crippen LogP contribution in [0.1, 0.15) is 5.56 Å². The van der Waals surface area contributed by atoms with Crippen molar-refractivity contribution in [3.63, 3.8) is 0 Å². The van der Waals surface area contributed by atoms with E-state index in [1.807, 2.05) is 12.1 Å². The Hall–Kier alpha value is -2.30. The van der Waals surface area contributed by atoms with Gasteiger partial charge in [-0.2, -0.15) is 13.2 Å². The van der Waals surface area contributed by atoms with Crippen LogP contribution in [0, 0.1) is 0 Å². The monoisotopic (exact) mass is 262 g/mol. The molecule has 0 atom stereocenters. The van der Waals surface area contributed by atoms with Crippen molar-refractivity contribution in [2.45, 2.75) is 6.18 Å². The first-order valence-electron chi connectivity index (χ1n) is 5.65. The summed E-state index contributed by atoms with van der Waals surface area (Å²) in [4.78, 5) is 7.18. The summed E-state index contributed by atoms with van der Waals surface area (Å²) in [6.07, 6.45) is -0.892. The van der Waals surface area contributed by atoms with Crippen LogP contribution in [0.3, 0.4) is 0 Å². The van der Waals surface area contributed by atoms with Gasteiger partial charge in [-0.25, -0.2) is 4.98 Å². The molecule has 0 bridgehead atoms. The largest absolute Gasteiger partial charge is 0.416 e. The maximum Gasteiger partial charge on any atom is 0.416 e. The third kappa shape index (κ3) is 2.19. The molecule has 1 aromatic carbocycles. The third-order valence-electron chi connectivity index (χ3n) is 2.95. The first-order chi connectivity index (χ1) is 9.04. The highest BCUT2D eigenvalue weighted by Crippen LogP contribution is 2.31. The number of aromatic nitrogens is 2. The minimum absolute atomic E-state index is 0.646. The van der Waals surface area contributed by atoms with Gasteiger partial charge in [-0.05, 0) is 29.8 Å². The van der Waals surface area contributed by atoms with E-state index in [1.165, 1.54) is 12.1 Å². The maximum atomic E-state index is 12.5. The van der Waals surface area contributed by atoms with Gasteiger partial charge < -0.3 is 4.98 Å². The molecule has 2 heterocycles. The first-order valence-corrected chi connectivity index (χ1v) is 5.65. The van der Waals surface area contributed by atoms with Crippen LogP contribution in [-0.4, -0.2) is 9.97 Å². The second kappa shape index (κ2) is 4.12. The summed E-state index contributed by atoms with van der Waals surface area (Å²) in [5, 5.41) is 0.928. The number of nitrogens with zero attached hydrogens (tertiary/aromatic N) is 1. The van der Waals surface area contributed by atoms with Crippen LogP contribution < -0.4 is 0 Å². The Kier molecular flexibility index (Phi) is 2.55. The number of nitrogens with one attached hydrogen (secondary N) is 1. The number of hydrogen-bond donors (Lipinski definition) is 1. The van der Waals surface area contributed by atoms with Crippen molar-refractivity contribution in [2.75, 3.05) is 0 Å². The first kappa shape index (κ1) is 11.8. The highest BCUT2D eigenvalue weighted by atomic mass is 19.4. The van der Waals surface area contributed by atoms with Gasteiger partial charge in [-0.1, -0.05) is 12.1 Å². The van der Waals surface area contributed by atoms with Crippen LogP contribution in [-0.2, 0) is 6.18 Å². The SMILES string of the molecule is FC(F)(F)c1ccc(-c2cnc3[nH]ccc3c2)cc1. The number of rotatable bonds is 1. The fourth-order valence-corrected chi connectivity index (χ4v) is 1.95. The third-order valence-corrected chi connectivity index (χ3v) is 2.95. The lowest BCUT2D eigenvalue weighted by atomic mass is 10.0. The van der Waals surface area contributed by atoms with E-state index in [4.69, 9.17) is 0 Å². The average Bonchev–Trinajstić information content (AvgIpc) is 2.85. The number of benzene rings is 1. The van der Waals surface area contributed by atoms with Crippen LogP contribution in [0.25, 0.3) is 22.2 Å². The molecule has 0 radical (unpaired) electrons. The predicted octanol–water partition coefficient (Wildman–Crippen LogP) is 4.25. The minimum Gasteiger partial charge on any atom is -0.346 e. The van der Waals surface area contributed by atoms with Crippen molar-refractivity contribution in [1.29, 1.82) is 0 Å². The number of fused-ring (bicyclic) bond motifs is 1. The van der Waals surface area contributed by atoms with E-state index < -0.39 is 11.7 Å². The number of H-pyrrole nitrogens is 1. The lowest BCUT2D eigenvalue weighted by Gasteiger charge is -2.07. The molecule has 19 heavy (non-hydrogen) atoms. The van der Waals surface area contributed by atoms with Gasteiger partial charge in [-0.3, -0.25) is 0 Å². The molecule has 0 saturated carbocycles. The molecule has 0 aliphatic carbocycles. The van der Waals surface area contributed by atoms with Gasteiger partial charge in [0.25, 0.3) is 0 Å². The molecule has 96 valence electrons. The number of pyridine rings is 1. The molecule has 0 fully saturated rings. The lowest BCUT2D eigenvalue weighted by molar-refractivity contribution is -0.137. The fourth-order valence-electron chi connectivity index (χ4n) is 1.95. The molecule has 0 saturated heterocycles. The number of alkyl halides is 3. The van der Waals surface area contributed by atoms with E-state index in [-0.39, 0.29) is 0 Å². The summed E-state index contributed by atoms with van der Waals surface area (Å²) in [5.74, 6) is 0. The summed E-state index contributed by atoms with van der Waals surface area (Å²) in [7, 11) is 0. The van der Waals surface area contributed by atoms with E-state index in [9.17, 15) is 13.2 Å². The normalized spacial score (nSPS) is 11.9. The Balaban J connectivity index is 2.01. The van der Waals surface area contributed by atoms with Crippen molar-refractivity contribution >= 4 is 11.0 Å². The quantitative estimate of drug-likeness (QED) is 0.697. The topological polar surface area (TPSA) is 28.7 Å². The van der Waals surface area contributed by atoms with Crippen molar-refractivity contribution < 1.29 is 13.2 Å². The van der Waals surface area contributed by atoms with Crippen molar-refractivity contribution in [1.82, 2.24) is 9.97 Å². The number of aromatic amines is 1. The Morgan fingerprint density at radius 2 is 1.68 bits per heavy atom. The zero-order valence-electron chi connectivity index (χ0n) is 9.70. The summed E-state index contributed by atoms with van der Waals surface area (Å²) in [6, 6.07) is 8.83. The van der Waals surface area contributed by atoms with Gasteiger partial charge >= 0.3 is 6.18 Å². The second-order valence-electron chi connectivity index (χ2n) is 4.21. The zero-order valence-corrected chi connectivity index (χ0v) is 9.70. The van der Waals surface area contributed by atoms with Crippen molar-refractivity contribution in [3.05, 3.63) is 54.4 Å². The van der Waals surface area contributed by atoms with Crippen molar-refractivity contribution in [3.8, 4) is 11.1 Å². The van der Waals surface area contributed by atoms with E-state index in [1.54, 1.807) is 12.4 Å². The van der Waals surface area contributed by atoms with Crippen LogP contribution in [0.15, 0.2) is 48.8 Å². The smallest absolute Gasteiger partial charge is 0.346 e. The molecule has 3 rings (SSSR count). The van der Waals surface area contributed by atoms with E-state index in [0.29, 0.717) is 5.56 Å². The Bertz CT molecular complexity index is 711. The molecule has 0 spiro atoms. The van der Waals surface area contributed by atoms with Crippen LogP contribution in [0.4, 0.5) is 13.2 Å². The molecule has 2 nitrogen and oxygen atoms in total. The molecular formula is C14H9F3N2. The number of hydrogen-bond acceptors (Lipinski definition) is 1. The molecule has 0 amide bonds. The van der Waals surface area contributed by atoms with Gasteiger partial charge in [0.05, 0.1) is 5.56 Å². The van der Waals surface area contributed by atoms with Crippen molar-refractivity contribution in [2.24, 2.45) is 0 Å². The molecule has 0 aliphatic heterocycles. The van der Waals surface area contributed by atoms with Gasteiger partial charge in [-0.15, -0.1) is 0 Å². The van der Waals surface area contributed by atoms with Gasteiger partial charge in [0.2, 0.25) is 0 Å². The van der Waals surface area contributed by atoms with Crippen LogP contribution in [0.5, 0.6) is 0 Å². The zero-order chi connectivity index (χ0) is 13.5. The summed E-state index contributed by atoms with van der Waals surface area (Å²) in [6.45, 7) is 0. The predicted molar refractivity (Wildman–Crippen MR) is 66.5 cm³/mol. The molecule has 0 aliphatic rings. The molecule has 1 N–H and O–H groups in total. The van der Waals surface area contributed by atoms with Gasteiger partial charge in [0.15, 0.2) is 0 Å². The van der Waals surface area contributed by atoms with Gasteiger partial charge in [0.1, 0.15) is 5.65 Å². The fraction of sp³-hybridized carbons (Fsp3) is 0.0714. The van der Waals surface area contributed by atoms with E-state index >= 15 is 0 Å².